The van der Waals surface area contributed by atoms with Gasteiger partial charge in [-0.3, -0.25) is 14.4 Å². The number of esters is 3. The highest BCUT2D eigenvalue weighted by Gasteiger charge is 2.19. The molecule has 0 aliphatic heterocycles. The molecule has 70 heavy (non-hydrogen) atoms. The molecule has 0 aliphatic rings. The highest BCUT2D eigenvalue weighted by Crippen LogP contribution is 2.14. The zero-order chi connectivity index (χ0) is 50.7. The van der Waals surface area contributed by atoms with Crippen LogP contribution in [0.15, 0.2) is 122 Å². The SMILES string of the molecule is CC\C=C/C=C\C=C/CCCCCCCCCC(=O)OCC(COC(=O)CCCCC/C=C\C/C=C\C/C=C\C/C=C\C/C=C\CC)OC(=O)CCCCCCC/C=C\C=C/CCCCCCCCC. The van der Waals surface area contributed by atoms with Gasteiger partial charge in [-0.2, -0.15) is 0 Å². The summed E-state index contributed by atoms with van der Waals surface area (Å²) in [5.74, 6) is -0.966. The third kappa shape index (κ3) is 54.7. The monoisotopic (exact) mass is 969 g/mol. The number of allylic oxidation sites excluding steroid dienone is 20. The summed E-state index contributed by atoms with van der Waals surface area (Å²) >= 11 is 0. The van der Waals surface area contributed by atoms with Crippen LogP contribution in [0.1, 0.15) is 245 Å². The van der Waals surface area contributed by atoms with Crippen molar-refractivity contribution < 1.29 is 28.6 Å². The summed E-state index contributed by atoms with van der Waals surface area (Å²) in [6, 6.07) is 0. The van der Waals surface area contributed by atoms with Gasteiger partial charge in [0, 0.05) is 19.3 Å². The van der Waals surface area contributed by atoms with Crippen molar-refractivity contribution in [2.24, 2.45) is 0 Å². The number of unbranched alkanes of at least 4 members (excludes halogenated alkanes) is 22. The van der Waals surface area contributed by atoms with Gasteiger partial charge in [-0.15, -0.1) is 0 Å². The van der Waals surface area contributed by atoms with Crippen LogP contribution in [0.5, 0.6) is 0 Å². The van der Waals surface area contributed by atoms with Crippen molar-refractivity contribution in [3.8, 4) is 0 Å². The third-order valence-electron chi connectivity index (χ3n) is 11.8. The summed E-state index contributed by atoms with van der Waals surface area (Å²) in [7, 11) is 0. The quantitative estimate of drug-likeness (QED) is 0.0199. The zero-order valence-electron chi connectivity index (χ0n) is 45.2. The van der Waals surface area contributed by atoms with E-state index in [2.05, 4.69) is 142 Å². The minimum atomic E-state index is -0.809. The van der Waals surface area contributed by atoms with E-state index in [9.17, 15) is 14.4 Å². The minimum absolute atomic E-state index is 0.105. The Morgan fingerprint density at radius 1 is 0.314 bits per heavy atom. The molecule has 1 unspecified atom stereocenters. The maximum atomic E-state index is 12.9. The molecule has 1 atom stereocenters. The summed E-state index contributed by atoms with van der Waals surface area (Å²) in [5.41, 5.74) is 0. The number of hydrogen-bond acceptors (Lipinski definition) is 6. The lowest BCUT2D eigenvalue weighted by atomic mass is 10.1. The molecule has 0 N–H and O–H groups in total. The first-order chi connectivity index (χ1) is 34.5. The molecule has 0 heterocycles. The minimum Gasteiger partial charge on any atom is -0.462 e. The van der Waals surface area contributed by atoms with Crippen molar-refractivity contribution >= 4 is 17.9 Å². The highest BCUT2D eigenvalue weighted by molar-refractivity contribution is 5.71. The molecule has 0 radical (unpaired) electrons. The van der Waals surface area contributed by atoms with Gasteiger partial charge in [0.25, 0.3) is 0 Å². The summed E-state index contributed by atoms with van der Waals surface area (Å²) in [4.78, 5) is 38.2. The second kappa shape index (κ2) is 57.4. The Morgan fingerprint density at radius 3 is 1.06 bits per heavy atom. The van der Waals surface area contributed by atoms with Crippen molar-refractivity contribution in [1.82, 2.24) is 0 Å². The molecule has 0 bridgehead atoms. The topological polar surface area (TPSA) is 78.9 Å². The Labute approximate surface area is 431 Å². The summed E-state index contributed by atoms with van der Waals surface area (Å²) in [6.07, 6.45) is 79.0. The van der Waals surface area contributed by atoms with Gasteiger partial charge in [0.1, 0.15) is 13.2 Å². The Hall–Kier alpha value is -4.19. The fraction of sp³-hybridized carbons (Fsp3) is 0.641. The average Bonchev–Trinajstić information content (AvgIpc) is 3.36. The van der Waals surface area contributed by atoms with Gasteiger partial charge in [-0.05, 0) is 109 Å². The van der Waals surface area contributed by atoms with Gasteiger partial charge in [-0.1, -0.05) is 239 Å². The molecular formula is C64H104O6. The van der Waals surface area contributed by atoms with Crippen LogP contribution >= 0.6 is 0 Å². The van der Waals surface area contributed by atoms with E-state index in [0.29, 0.717) is 19.3 Å². The standard InChI is InChI=1S/C64H104O6/c1-4-7-10-13-16-19-22-25-28-30-32-34-36-39-42-45-48-51-54-57-63(66)69-60-61(59-68-62(65)56-53-50-47-44-41-38-35-27-24-21-18-15-12-9-6-3)70-64(67)58-55-52-49-46-43-40-37-33-31-29-26-23-20-17-14-11-8-5-2/h7,9-10,12,15-16,18-19,21,24-25,28-29,31-34,37,39,42,61H,4-6,8,11,13-14,17,20,22-23,26-27,30,35-36,38,40-41,43-60H2,1-3H3/b10-7-,12-9-,18-15-,19-16-,24-21-,28-25-,31-29-,34-32-,37-33-,42-39-. The summed E-state index contributed by atoms with van der Waals surface area (Å²) in [5, 5.41) is 0. The number of ether oxygens (including phenoxy) is 3. The lowest BCUT2D eigenvalue weighted by Crippen LogP contribution is -2.30. The van der Waals surface area contributed by atoms with Crippen LogP contribution in [-0.4, -0.2) is 37.2 Å². The molecular weight excluding hydrogens is 865 g/mol. The molecule has 0 amide bonds. The van der Waals surface area contributed by atoms with Gasteiger partial charge in [-0.25, -0.2) is 0 Å². The van der Waals surface area contributed by atoms with Crippen molar-refractivity contribution in [3.05, 3.63) is 122 Å². The molecule has 0 aliphatic carbocycles. The van der Waals surface area contributed by atoms with E-state index < -0.39 is 6.10 Å². The normalized spacial score (nSPS) is 13.0. The van der Waals surface area contributed by atoms with Gasteiger partial charge >= 0.3 is 17.9 Å². The first-order valence-electron chi connectivity index (χ1n) is 28.6. The predicted octanol–water partition coefficient (Wildman–Crippen LogP) is 19.3. The Morgan fingerprint density at radius 2 is 0.629 bits per heavy atom. The van der Waals surface area contributed by atoms with Crippen LogP contribution in [0.2, 0.25) is 0 Å². The Kier molecular flexibility index (Phi) is 54.0. The third-order valence-corrected chi connectivity index (χ3v) is 11.8. The van der Waals surface area contributed by atoms with E-state index in [1.807, 2.05) is 0 Å². The molecule has 0 saturated heterocycles. The zero-order valence-corrected chi connectivity index (χ0v) is 45.2. The lowest BCUT2D eigenvalue weighted by molar-refractivity contribution is -0.167. The van der Waals surface area contributed by atoms with Crippen molar-refractivity contribution in [1.29, 1.82) is 0 Å². The molecule has 0 saturated carbocycles. The highest BCUT2D eigenvalue weighted by atomic mass is 16.6. The van der Waals surface area contributed by atoms with Gasteiger partial charge in [0.15, 0.2) is 6.10 Å². The van der Waals surface area contributed by atoms with Gasteiger partial charge in [0.2, 0.25) is 0 Å². The van der Waals surface area contributed by atoms with Crippen molar-refractivity contribution in [2.75, 3.05) is 13.2 Å². The maximum Gasteiger partial charge on any atom is 0.306 e. The van der Waals surface area contributed by atoms with E-state index in [1.54, 1.807) is 0 Å². The molecule has 396 valence electrons. The largest absolute Gasteiger partial charge is 0.462 e. The van der Waals surface area contributed by atoms with Gasteiger partial charge in [0.05, 0.1) is 0 Å². The molecule has 6 nitrogen and oxygen atoms in total. The fourth-order valence-electron chi connectivity index (χ4n) is 7.52. The van der Waals surface area contributed by atoms with Gasteiger partial charge < -0.3 is 14.2 Å². The Bertz CT molecular complexity index is 1490. The van der Waals surface area contributed by atoms with E-state index >= 15 is 0 Å². The second-order valence-electron chi connectivity index (χ2n) is 18.5. The Balaban J connectivity index is 4.51. The average molecular weight is 970 g/mol. The second-order valence-corrected chi connectivity index (χ2v) is 18.5. The lowest BCUT2D eigenvalue weighted by Gasteiger charge is -2.18. The fourth-order valence-corrected chi connectivity index (χ4v) is 7.52. The number of rotatable bonds is 50. The van der Waals surface area contributed by atoms with Crippen molar-refractivity contribution in [2.45, 2.75) is 252 Å². The predicted molar refractivity (Wildman–Crippen MR) is 302 cm³/mol. The first-order valence-corrected chi connectivity index (χ1v) is 28.6. The van der Waals surface area contributed by atoms with E-state index in [0.717, 1.165) is 128 Å². The first kappa shape index (κ1) is 65.8. The molecule has 0 aromatic rings. The molecule has 0 rings (SSSR count). The van der Waals surface area contributed by atoms with Crippen LogP contribution < -0.4 is 0 Å². The number of carbonyl (C=O) groups is 3. The van der Waals surface area contributed by atoms with Crippen LogP contribution in [0.4, 0.5) is 0 Å². The number of carbonyl (C=O) groups excluding carboxylic acids is 3. The van der Waals surface area contributed by atoms with E-state index in [-0.39, 0.29) is 31.1 Å². The van der Waals surface area contributed by atoms with Crippen LogP contribution in [0.3, 0.4) is 0 Å². The molecule has 0 spiro atoms. The molecule has 0 aromatic heterocycles. The molecule has 0 aromatic carbocycles. The van der Waals surface area contributed by atoms with Crippen LogP contribution in [-0.2, 0) is 28.6 Å². The maximum absolute atomic E-state index is 12.9. The molecule has 0 fully saturated rings. The van der Waals surface area contributed by atoms with E-state index in [4.69, 9.17) is 14.2 Å². The van der Waals surface area contributed by atoms with Crippen molar-refractivity contribution in [3.63, 3.8) is 0 Å². The summed E-state index contributed by atoms with van der Waals surface area (Å²) < 4.78 is 16.8. The number of hydrogen-bond donors (Lipinski definition) is 0. The van der Waals surface area contributed by atoms with E-state index in [1.165, 1.54) is 77.0 Å². The summed E-state index contributed by atoms with van der Waals surface area (Å²) in [6.45, 7) is 6.34. The van der Waals surface area contributed by atoms with Crippen LogP contribution in [0, 0.1) is 0 Å². The smallest absolute Gasteiger partial charge is 0.306 e. The molecule has 6 heteroatoms. The van der Waals surface area contributed by atoms with Crippen LogP contribution in [0.25, 0.3) is 0 Å².